The van der Waals surface area contributed by atoms with Crippen LogP contribution >= 0.6 is 0 Å². The van der Waals surface area contributed by atoms with Gasteiger partial charge in [0, 0.05) is 11.1 Å². The minimum absolute atomic E-state index is 0.0888. The second kappa shape index (κ2) is 7.29. The third-order valence-corrected chi connectivity index (χ3v) is 4.48. The Labute approximate surface area is 162 Å². The smallest absolute Gasteiger partial charge is 0.230 e. The van der Waals surface area contributed by atoms with Gasteiger partial charge in [-0.1, -0.05) is 42.5 Å². The summed E-state index contributed by atoms with van der Waals surface area (Å²) in [5.74, 6) is -0.336. The number of carbonyl (C=O) groups is 2. The van der Waals surface area contributed by atoms with Crippen LogP contribution in [0.5, 0.6) is 0 Å². The third kappa shape index (κ3) is 3.44. The van der Waals surface area contributed by atoms with Gasteiger partial charge in [0.05, 0.1) is 35.1 Å². The number of anilines is 1. The van der Waals surface area contributed by atoms with Gasteiger partial charge in [-0.05, 0) is 35.9 Å². The lowest BCUT2D eigenvalue weighted by atomic mass is 10.0. The molecule has 0 bridgehead atoms. The van der Waals surface area contributed by atoms with Gasteiger partial charge in [-0.25, -0.2) is 0 Å². The predicted molar refractivity (Wildman–Crippen MR) is 107 cm³/mol. The molecule has 4 rings (SSSR count). The third-order valence-electron chi connectivity index (χ3n) is 4.48. The van der Waals surface area contributed by atoms with Gasteiger partial charge >= 0.3 is 0 Å². The first-order valence-corrected chi connectivity index (χ1v) is 8.76. The van der Waals surface area contributed by atoms with E-state index in [0.717, 1.165) is 5.56 Å². The topological polar surface area (TPSA) is 82.3 Å². The molecule has 5 nitrogen and oxygen atoms in total. The van der Waals surface area contributed by atoms with Gasteiger partial charge in [-0.15, -0.1) is 0 Å². The van der Waals surface area contributed by atoms with Crippen LogP contribution in [0.15, 0.2) is 77.8 Å². The van der Waals surface area contributed by atoms with Gasteiger partial charge in [0.1, 0.15) is 0 Å². The van der Waals surface area contributed by atoms with E-state index < -0.39 is 0 Å². The number of rotatable bonds is 3. The van der Waals surface area contributed by atoms with Crippen LogP contribution in [-0.2, 0) is 4.79 Å². The van der Waals surface area contributed by atoms with Crippen molar-refractivity contribution in [2.45, 2.75) is 6.42 Å². The van der Waals surface area contributed by atoms with E-state index >= 15 is 0 Å². The monoisotopic (exact) mass is 365 g/mol. The molecule has 0 radical (unpaired) electrons. The van der Waals surface area contributed by atoms with Crippen LogP contribution in [0.4, 0.5) is 11.4 Å². The van der Waals surface area contributed by atoms with Crippen molar-refractivity contribution in [2.75, 3.05) is 5.32 Å². The van der Waals surface area contributed by atoms with Gasteiger partial charge in [0.25, 0.3) is 0 Å². The van der Waals surface area contributed by atoms with Crippen molar-refractivity contribution in [1.29, 1.82) is 5.26 Å². The lowest BCUT2D eigenvalue weighted by Gasteiger charge is -2.07. The molecule has 0 fully saturated rings. The van der Waals surface area contributed by atoms with Crippen molar-refractivity contribution in [3.8, 4) is 6.07 Å². The van der Waals surface area contributed by atoms with E-state index in [4.69, 9.17) is 5.26 Å². The standard InChI is InChI=1S/C23H15N3O2/c24-14-15-5-4-8-17(11-15)20-13-22(27)26-21-12-18(9-10-19(21)25-20)23(28)16-6-2-1-3-7-16/h1-12H,13H2,(H,26,27). The maximum Gasteiger partial charge on any atom is 0.230 e. The number of carbonyl (C=O) groups excluding carboxylic acids is 2. The summed E-state index contributed by atoms with van der Waals surface area (Å²) in [6, 6.07) is 23.2. The maximum atomic E-state index is 12.7. The molecule has 0 saturated heterocycles. The molecule has 0 saturated carbocycles. The molecule has 0 atom stereocenters. The summed E-state index contributed by atoms with van der Waals surface area (Å²) in [5.41, 5.74) is 3.96. The molecule has 1 aliphatic heterocycles. The summed E-state index contributed by atoms with van der Waals surface area (Å²) < 4.78 is 0. The van der Waals surface area contributed by atoms with Crippen molar-refractivity contribution < 1.29 is 9.59 Å². The zero-order chi connectivity index (χ0) is 19.5. The van der Waals surface area contributed by atoms with Crippen LogP contribution in [0.1, 0.15) is 33.5 Å². The van der Waals surface area contributed by atoms with Crippen LogP contribution in [0.3, 0.4) is 0 Å². The fourth-order valence-corrected chi connectivity index (χ4v) is 3.10. The lowest BCUT2D eigenvalue weighted by Crippen LogP contribution is -2.15. The SMILES string of the molecule is N#Cc1cccc(C2=Nc3ccc(C(=O)c4ccccc4)cc3NC(=O)C2)c1. The number of hydrogen-bond acceptors (Lipinski definition) is 4. The summed E-state index contributed by atoms with van der Waals surface area (Å²) in [5, 5.41) is 11.9. The Hall–Kier alpha value is -4.04. The van der Waals surface area contributed by atoms with E-state index in [0.29, 0.717) is 33.8 Å². The largest absolute Gasteiger partial charge is 0.324 e. The van der Waals surface area contributed by atoms with Gasteiger partial charge < -0.3 is 5.32 Å². The Balaban J connectivity index is 1.74. The predicted octanol–water partition coefficient (Wildman–Crippen LogP) is 4.25. The molecule has 0 aromatic heterocycles. The van der Waals surface area contributed by atoms with Crippen LogP contribution in [0.25, 0.3) is 0 Å². The Kier molecular flexibility index (Phi) is 4.53. The highest BCUT2D eigenvalue weighted by atomic mass is 16.1. The Bertz CT molecular complexity index is 1160. The van der Waals surface area contributed by atoms with Crippen molar-refractivity contribution in [1.82, 2.24) is 0 Å². The molecule has 28 heavy (non-hydrogen) atoms. The van der Waals surface area contributed by atoms with E-state index in [2.05, 4.69) is 16.4 Å². The van der Waals surface area contributed by atoms with Gasteiger partial charge in [0.15, 0.2) is 5.78 Å². The van der Waals surface area contributed by atoms with Crippen molar-refractivity contribution in [3.05, 3.63) is 95.1 Å². The minimum atomic E-state index is -0.218. The number of benzene rings is 3. The van der Waals surface area contributed by atoms with E-state index in [1.807, 2.05) is 24.3 Å². The molecule has 1 N–H and O–H groups in total. The number of nitriles is 1. The summed E-state index contributed by atoms with van der Waals surface area (Å²) >= 11 is 0. The Morgan fingerprint density at radius 3 is 2.57 bits per heavy atom. The molecule has 1 amide bonds. The van der Waals surface area contributed by atoms with Crippen LogP contribution in [0, 0.1) is 11.3 Å². The van der Waals surface area contributed by atoms with Gasteiger partial charge in [-0.3, -0.25) is 14.6 Å². The molecule has 3 aromatic carbocycles. The number of ketones is 1. The first kappa shape index (κ1) is 17.4. The lowest BCUT2D eigenvalue weighted by molar-refractivity contribution is -0.115. The Morgan fingerprint density at radius 1 is 0.964 bits per heavy atom. The van der Waals surface area contributed by atoms with E-state index in [1.54, 1.807) is 48.5 Å². The summed E-state index contributed by atoms with van der Waals surface area (Å²) in [6.45, 7) is 0. The molecule has 0 spiro atoms. The minimum Gasteiger partial charge on any atom is -0.324 e. The highest BCUT2D eigenvalue weighted by Gasteiger charge is 2.19. The Morgan fingerprint density at radius 2 is 1.79 bits per heavy atom. The molecule has 0 aliphatic carbocycles. The second-order valence-corrected chi connectivity index (χ2v) is 6.40. The number of aliphatic imine (C=N–C) groups is 1. The molecule has 0 unspecified atom stereocenters. The fraction of sp³-hybridized carbons (Fsp3) is 0.0435. The van der Waals surface area contributed by atoms with E-state index in [-0.39, 0.29) is 18.1 Å². The van der Waals surface area contributed by atoms with Crippen LogP contribution in [-0.4, -0.2) is 17.4 Å². The average Bonchev–Trinajstić information content (AvgIpc) is 2.91. The van der Waals surface area contributed by atoms with Gasteiger partial charge in [0.2, 0.25) is 5.91 Å². The molecule has 1 aliphatic rings. The molecule has 134 valence electrons. The number of nitrogens with zero attached hydrogens (tertiary/aromatic N) is 2. The van der Waals surface area contributed by atoms with E-state index in [9.17, 15) is 9.59 Å². The van der Waals surface area contributed by atoms with Crippen molar-refractivity contribution in [3.63, 3.8) is 0 Å². The van der Waals surface area contributed by atoms with Crippen molar-refractivity contribution in [2.24, 2.45) is 4.99 Å². The van der Waals surface area contributed by atoms with Crippen molar-refractivity contribution >= 4 is 28.8 Å². The molecule has 3 aromatic rings. The highest BCUT2D eigenvalue weighted by Crippen LogP contribution is 2.31. The number of nitrogens with one attached hydrogen (secondary N) is 1. The zero-order valence-electron chi connectivity index (χ0n) is 14.8. The van der Waals surface area contributed by atoms with E-state index in [1.165, 1.54) is 0 Å². The normalized spacial score (nSPS) is 12.8. The quantitative estimate of drug-likeness (QED) is 0.704. The zero-order valence-corrected chi connectivity index (χ0v) is 14.8. The average molecular weight is 365 g/mol. The first-order valence-electron chi connectivity index (χ1n) is 8.76. The summed E-state index contributed by atoms with van der Waals surface area (Å²) in [6.07, 6.45) is 0.0888. The number of fused-ring (bicyclic) bond motifs is 1. The highest BCUT2D eigenvalue weighted by molar-refractivity contribution is 6.17. The molecular formula is C23H15N3O2. The first-order chi connectivity index (χ1) is 13.6. The summed E-state index contributed by atoms with van der Waals surface area (Å²) in [7, 11) is 0. The summed E-state index contributed by atoms with van der Waals surface area (Å²) in [4.78, 5) is 29.7. The number of amides is 1. The number of hydrogen-bond donors (Lipinski definition) is 1. The molecule has 5 heteroatoms. The molecular weight excluding hydrogens is 350 g/mol. The fourth-order valence-electron chi connectivity index (χ4n) is 3.10. The van der Waals surface area contributed by atoms with Crippen LogP contribution in [0.2, 0.25) is 0 Å². The maximum absolute atomic E-state index is 12.7. The second-order valence-electron chi connectivity index (χ2n) is 6.40. The van der Waals surface area contributed by atoms with Gasteiger partial charge in [-0.2, -0.15) is 5.26 Å². The molecule has 1 heterocycles. The van der Waals surface area contributed by atoms with Crippen LogP contribution < -0.4 is 5.32 Å².